The molecule has 10 heteroatoms. The maximum Gasteiger partial charge on any atom is 0.251 e. The lowest BCUT2D eigenvalue weighted by Gasteiger charge is -2.36. The zero-order chi connectivity index (χ0) is 27.2. The van der Waals surface area contributed by atoms with E-state index in [0.29, 0.717) is 37.0 Å². The topological polar surface area (TPSA) is 92.0 Å². The van der Waals surface area contributed by atoms with Gasteiger partial charge in [-0.2, -0.15) is 0 Å². The van der Waals surface area contributed by atoms with E-state index in [9.17, 15) is 14.0 Å². The molecule has 9 nitrogen and oxygen atoms in total. The van der Waals surface area contributed by atoms with Crippen LogP contribution >= 0.6 is 0 Å². The number of hydrogen-bond donors (Lipinski definition) is 4. The number of likely N-dealkylation sites (N-methyl/N-ethyl adjacent to an activating group) is 1. The summed E-state index contributed by atoms with van der Waals surface area (Å²) in [6, 6.07) is 13.8. The average Bonchev–Trinajstić information content (AvgIpc) is 3.53. The number of carbonyl (C=O) groups excluding carboxylic acids is 2. The molecule has 2 fully saturated rings. The minimum absolute atomic E-state index is 0.0104. The second-order valence-electron chi connectivity index (χ2n) is 10.4. The Morgan fingerprint density at radius 3 is 2.46 bits per heavy atom. The third-order valence-electron chi connectivity index (χ3n) is 7.80. The van der Waals surface area contributed by atoms with E-state index in [1.165, 1.54) is 12.1 Å². The Labute approximate surface area is 229 Å². The average molecular weight is 536 g/mol. The van der Waals surface area contributed by atoms with E-state index in [1.807, 2.05) is 35.4 Å². The second kappa shape index (κ2) is 12.6. The maximum atomic E-state index is 13.5. The summed E-state index contributed by atoms with van der Waals surface area (Å²) < 4.78 is 13.2. The SMILES string of the molecule is CCN1CCN(C(=O)[C@H](CCCN[C@@H]2C[C@H]2c2ccc(F)cc2)NC(=O)c2ccc(N3C=CNN3)cc2)CC1. The number of rotatable bonds is 11. The number of anilines is 1. The Morgan fingerprint density at radius 1 is 1.05 bits per heavy atom. The van der Waals surface area contributed by atoms with E-state index in [2.05, 4.69) is 33.4 Å². The van der Waals surface area contributed by atoms with Crippen molar-refractivity contribution in [3.05, 3.63) is 77.9 Å². The lowest BCUT2D eigenvalue weighted by molar-refractivity contribution is -0.135. The van der Waals surface area contributed by atoms with Gasteiger partial charge in [0.15, 0.2) is 0 Å². The summed E-state index contributed by atoms with van der Waals surface area (Å²) in [6.45, 7) is 6.92. The van der Waals surface area contributed by atoms with Crippen LogP contribution in [0.5, 0.6) is 0 Å². The standard InChI is InChI=1S/C29H38FN7O2/c1-2-35-16-18-36(19-17-35)29(39)26(4-3-13-31-27-20-25(27)21-5-9-23(30)10-6-21)33-28(38)22-7-11-24(12-8-22)37-15-14-32-34-37/h5-12,14-15,25-27,31-32,34H,2-4,13,16-20H2,1H3,(H,33,38)/t25-,26-,27+/m0/s1. The van der Waals surface area contributed by atoms with Crippen molar-refractivity contribution in [3.8, 4) is 0 Å². The largest absolute Gasteiger partial charge is 0.340 e. The van der Waals surface area contributed by atoms with E-state index in [1.54, 1.807) is 23.3 Å². The Morgan fingerprint density at radius 2 is 1.79 bits per heavy atom. The number of amides is 2. The summed E-state index contributed by atoms with van der Waals surface area (Å²) in [5.41, 5.74) is 8.40. The number of halogens is 1. The molecule has 0 spiro atoms. The molecule has 1 saturated carbocycles. The Hall–Kier alpha value is -3.47. The molecule has 3 aliphatic rings. The number of hydrazine groups is 2. The molecule has 2 aromatic rings. The second-order valence-corrected chi connectivity index (χ2v) is 10.4. The monoisotopic (exact) mass is 535 g/mol. The third kappa shape index (κ3) is 6.95. The number of piperazine rings is 1. The van der Waals surface area contributed by atoms with Crippen molar-refractivity contribution in [2.24, 2.45) is 0 Å². The molecule has 208 valence electrons. The first-order valence-electron chi connectivity index (χ1n) is 13.9. The molecule has 0 unspecified atom stereocenters. The molecule has 0 bridgehead atoms. The van der Waals surface area contributed by atoms with E-state index in [-0.39, 0.29) is 17.6 Å². The molecule has 5 rings (SSSR count). The Kier molecular flexibility index (Phi) is 8.75. The predicted molar refractivity (Wildman–Crippen MR) is 149 cm³/mol. The summed E-state index contributed by atoms with van der Waals surface area (Å²) in [4.78, 5) is 30.9. The van der Waals surface area contributed by atoms with Gasteiger partial charge in [-0.15, -0.1) is 5.53 Å². The first kappa shape index (κ1) is 27.1. The number of nitrogens with zero attached hydrogens (tertiary/aromatic N) is 3. The fourth-order valence-electron chi connectivity index (χ4n) is 5.28. The smallest absolute Gasteiger partial charge is 0.251 e. The summed E-state index contributed by atoms with van der Waals surface area (Å²) in [7, 11) is 0. The van der Waals surface area contributed by atoms with Crippen molar-refractivity contribution >= 4 is 17.5 Å². The summed E-state index contributed by atoms with van der Waals surface area (Å²) in [5, 5.41) is 8.39. The molecule has 2 amide bonds. The quantitative estimate of drug-likeness (QED) is 0.328. The first-order valence-corrected chi connectivity index (χ1v) is 13.9. The van der Waals surface area contributed by atoms with Crippen LogP contribution in [0.15, 0.2) is 60.9 Å². The van der Waals surface area contributed by atoms with Crippen LogP contribution in [0.3, 0.4) is 0 Å². The molecular formula is C29H38FN7O2. The van der Waals surface area contributed by atoms with Crippen molar-refractivity contribution in [3.63, 3.8) is 0 Å². The van der Waals surface area contributed by atoms with Crippen molar-refractivity contribution in [2.45, 2.75) is 44.2 Å². The van der Waals surface area contributed by atoms with Gasteiger partial charge in [0.2, 0.25) is 5.91 Å². The zero-order valence-electron chi connectivity index (χ0n) is 22.4. The van der Waals surface area contributed by atoms with Crippen LogP contribution in [0.25, 0.3) is 0 Å². The molecule has 1 saturated heterocycles. The lowest BCUT2D eigenvalue weighted by atomic mass is 10.1. The summed E-state index contributed by atoms with van der Waals surface area (Å²) >= 11 is 0. The van der Waals surface area contributed by atoms with Crippen LogP contribution < -0.4 is 26.6 Å². The summed E-state index contributed by atoms with van der Waals surface area (Å²) in [6.07, 6.45) is 5.97. The van der Waals surface area contributed by atoms with Gasteiger partial charge in [-0.1, -0.05) is 19.1 Å². The highest BCUT2D eigenvalue weighted by molar-refractivity contribution is 5.97. The van der Waals surface area contributed by atoms with Gasteiger partial charge in [0.1, 0.15) is 11.9 Å². The maximum absolute atomic E-state index is 13.5. The molecule has 39 heavy (non-hydrogen) atoms. The molecular weight excluding hydrogens is 497 g/mol. The molecule has 2 heterocycles. The predicted octanol–water partition coefficient (Wildman–Crippen LogP) is 2.31. The van der Waals surface area contributed by atoms with Gasteiger partial charge in [0.05, 0.1) is 5.69 Å². The highest BCUT2D eigenvalue weighted by Gasteiger charge is 2.37. The van der Waals surface area contributed by atoms with Gasteiger partial charge in [-0.25, -0.2) is 4.39 Å². The van der Waals surface area contributed by atoms with Gasteiger partial charge in [0, 0.05) is 56.1 Å². The number of nitrogens with one attached hydrogen (secondary N) is 4. The van der Waals surface area contributed by atoms with Crippen LogP contribution in [-0.4, -0.2) is 73.0 Å². The van der Waals surface area contributed by atoms with Crippen LogP contribution in [-0.2, 0) is 4.79 Å². The molecule has 2 aliphatic heterocycles. The zero-order valence-corrected chi connectivity index (χ0v) is 22.4. The highest BCUT2D eigenvalue weighted by atomic mass is 19.1. The minimum Gasteiger partial charge on any atom is -0.340 e. The normalized spacial score (nSPS) is 21.5. The van der Waals surface area contributed by atoms with Gasteiger partial charge in [-0.3, -0.25) is 14.6 Å². The van der Waals surface area contributed by atoms with Crippen molar-refractivity contribution < 1.29 is 14.0 Å². The number of carbonyl (C=O) groups is 2. The molecule has 4 N–H and O–H groups in total. The molecule has 1 aliphatic carbocycles. The van der Waals surface area contributed by atoms with Crippen molar-refractivity contribution in [1.29, 1.82) is 0 Å². The number of benzene rings is 2. The van der Waals surface area contributed by atoms with Crippen LogP contribution in [0.1, 0.15) is 48.0 Å². The molecule has 0 radical (unpaired) electrons. The van der Waals surface area contributed by atoms with E-state index >= 15 is 0 Å². The van der Waals surface area contributed by atoms with Gasteiger partial charge >= 0.3 is 0 Å². The Bertz CT molecular complexity index is 1150. The van der Waals surface area contributed by atoms with Crippen molar-refractivity contribution in [1.82, 2.24) is 31.4 Å². The van der Waals surface area contributed by atoms with Crippen LogP contribution in [0.4, 0.5) is 10.1 Å². The fraction of sp³-hybridized carbons (Fsp3) is 0.448. The fourth-order valence-corrected chi connectivity index (χ4v) is 5.28. The van der Waals surface area contributed by atoms with Gasteiger partial charge < -0.3 is 25.9 Å². The first-order chi connectivity index (χ1) is 19.0. The van der Waals surface area contributed by atoms with Crippen molar-refractivity contribution in [2.75, 3.05) is 44.3 Å². The molecule has 0 aromatic heterocycles. The summed E-state index contributed by atoms with van der Waals surface area (Å²) in [5.74, 6) is -0.0696. The lowest BCUT2D eigenvalue weighted by Crippen LogP contribution is -2.55. The van der Waals surface area contributed by atoms with E-state index in [0.717, 1.165) is 50.3 Å². The van der Waals surface area contributed by atoms with Crippen LogP contribution in [0, 0.1) is 5.82 Å². The van der Waals surface area contributed by atoms with Gasteiger partial charge in [0.25, 0.3) is 5.91 Å². The minimum atomic E-state index is -0.577. The van der Waals surface area contributed by atoms with Gasteiger partial charge in [-0.05, 0) is 74.3 Å². The number of hydrogen-bond acceptors (Lipinski definition) is 7. The van der Waals surface area contributed by atoms with E-state index < -0.39 is 6.04 Å². The third-order valence-corrected chi connectivity index (χ3v) is 7.80. The molecule has 2 aromatic carbocycles. The molecule has 3 atom stereocenters. The highest BCUT2D eigenvalue weighted by Crippen LogP contribution is 2.40. The van der Waals surface area contributed by atoms with Crippen LogP contribution in [0.2, 0.25) is 0 Å². The van der Waals surface area contributed by atoms with E-state index in [4.69, 9.17) is 0 Å². The Balaban J connectivity index is 1.16.